The third kappa shape index (κ3) is 4.03. The number of nitro benzene ring substituents is 1. The van der Waals surface area contributed by atoms with Gasteiger partial charge in [-0.3, -0.25) is 15.1 Å². The van der Waals surface area contributed by atoms with E-state index < -0.39 is 14.9 Å². The molecule has 0 aliphatic carbocycles. The minimum absolute atomic E-state index is 0.0738. The number of nitrogens with one attached hydrogen (secondary N) is 2. The highest BCUT2D eigenvalue weighted by Gasteiger charge is 2.22. The van der Waals surface area contributed by atoms with Crippen molar-refractivity contribution in [2.75, 3.05) is 12.4 Å². The molecule has 0 radical (unpaired) electrons. The molecule has 9 nitrogen and oxygen atoms in total. The van der Waals surface area contributed by atoms with Crippen LogP contribution in [0, 0.1) is 10.1 Å². The molecule has 0 saturated heterocycles. The van der Waals surface area contributed by atoms with Crippen LogP contribution in [0.25, 0.3) is 10.9 Å². The second-order valence-corrected chi connectivity index (χ2v) is 9.17. The topological polar surface area (TPSA) is 119 Å². The molecule has 0 atom stereocenters. The summed E-state index contributed by atoms with van der Waals surface area (Å²) in [4.78, 5) is 14.4. The first-order valence-corrected chi connectivity index (χ1v) is 11.3. The Bertz CT molecular complexity index is 1420. The molecule has 32 heavy (non-hydrogen) atoms. The molecule has 2 aromatic carbocycles. The van der Waals surface area contributed by atoms with Crippen LogP contribution in [0.15, 0.2) is 72.0 Å². The summed E-state index contributed by atoms with van der Waals surface area (Å²) in [6.45, 7) is 0.479. The molecule has 164 valence electrons. The molecule has 0 aliphatic rings. The standard InChI is InChI=1S/C21H18ClN5O4S/c1-23-11-14-13-26(32(30,31)17-3-2-8-24-12-17)21-9-15(4-6-18(14)21)25-20-7-5-16(27(28)29)10-19(20)22/h2-10,12-13,23,25H,11H2,1H3. The Morgan fingerprint density at radius 2 is 2.00 bits per heavy atom. The fourth-order valence-electron chi connectivity index (χ4n) is 3.36. The van der Waals surface area contributed by atoms with Gasteiger partial charge in [-0.1, -0.05) is 17.7 Å². The Labute approximate surface area is 188 Å². The molecule has 0 aliphatic heterocycles. The quantitative estimate of drug-likeness (QED) is 0.304. The summed E-state index contributed by atoms with van der Waals surface area (Å²) in [5, 5.41) is 18.0. The molecule has 2 N–H and O–H groups in total. The van der Waals surface area contributed by atoms with Gasteiger partial charge in [0.15, 0.2) is 0 Å². The number of nitrogens with zero attached hydrogens (tertiary/aromatic N) is 3. The van der Waals surface area contributed by atoms with Crippen molar-refractivity contribution in [1.29, 1.82) is 0 Å². The van der Waals surface area contributed by atoms with Gasteiger partial charge in [0.25, 0.3) is 15.7 Å². The average Bonchev–Trinajstić information content (AvgIpc) is 3.14. The van der Waals surface area contributed by atoms with Crippen LogP contribution in [0.3, 0.4) is 0 Å². The van der Waals surface area contributed by atoms with E-state index in [9.17, 15) is 18.5 Å². The molecule has 0 saturated carbocycles. The zero-order valence-corrected chi connectivity index (χ0v) is 18.4. The number of nitro groups is 1. The van der Waals surface area contributed by atoms with Gasteiger partial charge in [-0.15, -0.1) is 0 Å². The van der Waals surface area contributed by atoms with E-state index in [1.54, 1.807) is 31.4 Å². The number of halogens is 1. The summed E-state index contributed by atoms with van der Waals surface area (Å²) in [5.74, 6) is 0. The van der Waals surface area contributed by atoms with Crippen LogP contribution >= 0.6 is 11.6 Å². The molecule has 11 heteroatoms. The number of fused-ring (bicyclic) bond motifs is 1. The lowest BCUT2D eigenvalue weighted by atomic mass is 10.1. The summed E-state index contributed by atoms with van der Waals surface area (Å²) < 4.78 is 27.8. The Kier molecular flexibility index (Phi) is 5.83. The highest BCUT2D eigenvalue weighted by Crippen LogP contribution is 2.32. The SMILES string of the molecule is CNCc1cn(S(=O)(=O)c2cccnc2)c2cc(Nc3ccc([N+](=O)[O-])cc3Cl)ccc12. The second kappa shape index (κ2) is 8.58. The molecule has 4 rings (SSSR count). The molecular formula is C21H18ClN5O4S. The van der Waals surface area contributed by atoms with Crippen molar-refractivity contribution < 1.29 is 13.3 Å². The van der Waals surface area contributed by atoms with Gasteiger partial charge in [0.2, 0.25) is 0 Å². The van der Waals surface area contributed by atoms with Crippen molar-refractivity contribution in [2.45, 2.75) is 11.4 Å². The summed E-state index contributed by atoms with van der Waals surface area (Å²) in [7, 11) is -2.10. The van der Waals surface area contributed by atoms with E-state index in [-0.39, 0.29) is 15.6 Å². The van der Waals surface area contributed by atoms with Gasteiger partial charge in [0.05, 0.1) is 21.2 Å². The molecule has 0 amide bonds. The fourth-order valence-corrected chi connectivity index (χ4v) is 4.93. The number of aromatic nitrogens is 2. The van der Waals surface area contributed by atoms with Crippen molar-refractivity contribution in [3.8, 4) is 0 Å². The zero-order valence-electron chi connectivity index (χ0n) is 16.8. The van der Waals surface area contributed by atoms with Crippen LogP contribution < -0.4 is 10.6 Å². The maximum absolute atomic E-state index is 13.3. The zero-order chi connectivity index (χ0) is 22.9. The highest BCUT2D eigenvalue weighted by atomic mass is 35.5. The van der Waals surface area contributed by atoms with Gasteiger partial charge < -0.3 is 10.6 Å². The van der Waals surface area contributed by atoms with Crippen LogP contribution in [0.5, 0.6) is 0 Å². The normalized spacial score (nSPS) is 11.6. The number of benzene rings is 2. The largest absolute Gasteiger partial charge is 0.354 e. The Morgan fingerprint density at radius 3 is 2.66 bits per heavy atom. The average molecular weight is 472 g/mol. The molecule has 0 bridgehead atoms. The van der Waals surface area contributed by atoms with E-state index in [2.05, 4.69) is 15.6 Å². The van der Waals surface area contributed by atoms with Crippen LogP contribution in [-0.2, 0) is 16.6 Å². The van der Waals surface area contributed by atoms with E-state index in [0.29, 0.717) is 23.4 Å². The van der Waals surface area contributed by atoms with Crippen molar-refractivity contribution in [3.05, 3.63) is 87.8 Å². The van der Waals surface area contributed by atoms with Crippen LogP contribution in [0.1, 0.15) is 5.56 Å². The van der Waals surface area contributed by atoms with Gasteiger partial charge in [0.1, 0.15) is 4.90 Å². The van der Waals surface area contributed by atoms with Crippen LogP contribution in [0.2, 0.25) is 5.02 Å². The second-order valence-electron chi connectivity index (χ2n) is 6.95. The van der Waals surface area contributed by atoms with Crippen LogP contribution in [0.4, 0.5) is 17.1 Å². The van der Waals surface area contributed by atoms with Gasteiger partial charge in [0, 0.05) is 48.3 Å². The lowest BCUT2D eigenvalue weighted by Gasteiger charge is -2.11. The minimum atomic E-state index is -3.88. The number of rotatable bonds is 7. The molecular weight excluding hydrogens is 454 g/mol. The van der Waals surface area contributed by atoms with Crippen molar-refractivity contribution in [1.82, 2.24) is 14.3 Å². The Hall–Kier alpha value is -3.47. The van der Waals surface area contributed by atoms with E-state index in [0.717, 1.165) is 10.9 Å². The highest BCUT2D eigenvalue weighted by molar-refractivity contribution is 7.90. The predicted octanol–water partition coefficient (Wildman–Crippen LogP) is 4.30. The first-order valence-electron chi connectivity index (χ1n) is 9.46. The van der Waals surface area contributed by atoms with Gasteiger partial charge in [-0.2, -0.15) is 0 Å². The minimum Gasteiger partial charge on any atom is -0.354 e. The third-order valence-corrected chi connectivity index (χ3v) is 6.83. The molecule has 0 fully saturated rings. The Balaban J connectivity index is 1.81. The first-order chi connectivity index (χ1) is 15.3. The van der Waals surface area contributed by atoms with Gasteiger partial charge in [-0.05, 0) is 42.9 Å². The first kappa shape index (κ1) is 21.8. The van der Waals surface area contributed by atoms with E-state index >= 15 is 0 Å². The fraction of sp³-hybridized carbons (Fsp3) is 0.0952. The monoisotopic (exact) mass is 471 g/mol. The van der Waals surface area contributed by atoms with Crippen molar-refractivity contribution in [2.24, 2.45) is 0 Å². The summed E-state index contributed by atoms with van der Waals surface area (Å²) >= 11 is 6.19. The van der Waals surface area contributed by atoms with Gasteiger partial charge in [-0.25, -0.2) is 12.4 Å². The summed E-state index contributed by atoms with van der Waals surface area (Å²) in [5.41, 5.74) is 2.20. The number of pyridine rings is 1. The van der Waals surface area contributed by atoms with E-state index in [4.69, 9.17) is 11.6 Å². The number of hydrogen-bond donors (Lipinski definition) is 2. The van der Waals surface area contributed by atoms with Crippen LogP contribution in [-0.4, -0.2) is 29.3 Å². The Morgan fingerprint density at radius 1 is 1.19 bits per heavy atom. The number of non-ortho nitro benzene ring substituents is 1. The molecule has 2 aromatic heterocycles. The molecule has 2 heterocycles. The van der Waals surface area contributed by atoms with Crippen molar-refractivity contribution in [3.63, 3.8) is 0 Å². The van der Waals surface area contributed by atoms with Crippen molar-refractivity contribution >= 4 is 49.6 Å². The maximum atomic E-state index is 13.3. The third-order valence-electron chi connectivity index (χ3n) is 4.86. The molecule has 0 unspecified atom stereocenters. The number of hydrogen-bond acceptors (Lipinski definition) is 7. The van der Waals surface area contributed by atoms with Gasteiger partial charge >= 0.3 is 0 Å². The summed E-state index contributed by atoms with van der Waals surface area (Å²) in [6, 6.07) is 12.5. The molecule has 4 aromatic rings. The number of anilines is 2. The maximum Gasteiger partial charge on any atom is 0.271 e. The smallest absolute Gasteiger partial charge is 0.271 e. The lowest BCUT2D eigenvalue weighted by Crippen LogP contribution is -2.12. The molecule has 0 spiro atoms. The van der Waals surface area contributed by atoms with E-state index in [1.165, 1.54) is 40.6 Å². The predicted molar refractivity (Wildman–Crippen MR) is 123 cm³/mol. The van der Waals surface area contributed by atoms with E-state index in [1.807, 2.05) is 6.07 Å². The lowest BCUT2D eigenvalue weighted by molar-refractivity contribution is -0.384. The summed E-state index contributed by atoms with van der Waals surface area (Å²) in [6.07, 6.45) is 4.40.